The number of benzene rings is 1. The number of rotatable bonds is 2. The normalized spacial score (nSPS) is 19.6. The summed E-state index contributed by atoms with van der Waals surface area (Å²) >= 11 is 0. The molecule has 2 nitrogen and oxygen atoms in total. The highest BCUT2D eigenvalue weighted by molar-refractivity contribution is 5.37. The van der Waals surface area contributed by atoms with E-state index >= 15 is 0 Å². The van der Waals surface area contributed by atoms with Gasteiger partial charge in [0.15, 0.2) is 0 Å². The van der Waals surface area contributed by atoms with Crippen molar-refractivity contribution in [2.24, 2.45) is 0 Å². The predicted octanol–water partition coefficient (Wildman–Crippen LogP) is 2.18. The molecule has 1 N–H and O–H groups in total. The molecule has 0 amide bonds. The molecule has 0 aromatic heterocycles. The second-order valence-electron chi connectivity index (χ2n) is 5.52. The van der Waals surface area contributed by atoms with E-state index in [2.05, 4.69) is 37.8 Å². The maximum atomic E-state index is 9.70. The molecule has 0 bridgehead atoms. The lowest BCUT2D eigenvalue weighted by atomic mass is 9.93. The van der Waals surface area contributed by atoms with Crippen LogP contribution in [0.5, 0.6) is 0 Å². The summed E-state index contributed by atoms with van der Waals surface area (Å²) in [6, 6.07) is 4.47. The number of hydrogen-bond acceptors (Lipinski definition) is 2. The van der Waals surface area contributed by atoms with Crippen LogP contribution in [-0.4, -0.2) is 28.7 Å². The quantitative estimate of drug-likeness (QED) is 0.824. The lowest BCUT2D eigenvalue weighted by Gasteiger charge is -2.44. The fourth-order valence-corrected chi connectivity index (χ4v) is 2.71. The van der Waals surface area contributed by atoms with Crippen LogP contribution < -0.4 is 0 Å². The van der Waals surface area contributed by atoms with E-state index in [1.807, 2.05) is 6.92 Å². The topological polar surface area (TPSA) is 23.5 Å². The van der Waals surface area contributed by atoms with Crippen LogP contribution in [0, 0.1) is 20.8 Å². The van der Waals surface area contributed by atoms with Crippen molar-refractivity contribution < 1.29 is 5.11 Å². The molecule has 1 saturated heterocycles. The lowest BCUT2D eigenvalue weighted by molar-refractivity contribution is -0.0872. The van der Waals surface area contributed by atoms with Crippen LogP contribution in [-0.2, 0) is 6.54 Å². The van der Waals surface area contributed by atoms with Crippen LogP contribution >= 0.6 is 0 Å². The van der Waals surface area contributed by atoms with Gasteiger partial charge in [-0.05, 0) is 44.4 Å². The molecule has 1 aromatic carbocycles. The van der Waals surface area contributed by atoms with Crippen molar-refractivity contribution in [3.63, 3.8) is 0 Å². The number of aryl methyl sites for hydroxylation is 3. The summed E-state index contributed by atoms with van der Waals surface area (Å²) in [5.74, 6) is 0. The van der Waals surface area contributed by atoms with Crippen molar-refractivity contribution in [3.05, 3.63) is 34.4 Å². The van der Waals surface area contributed by atoms with Gasteiger partial charge in [0.1, 0.15) is 0 Å². The Balaban J connectivity index is 2.11. The van der Waals surface area contributed by atoms with Crippen molar-refractivity contribution in [3.8, 4) is 0 Å². The number of likely N-dealkylation sites (tertiary alicyclic amines) is 1. The van der Waals surface area contributed by atoms with Gasteiger partial charge >= 0.3 is 0 Å². The summed E-state index contributed by atoms with van der Waals surface area (Å²) in [5, 5.41) is 9.70. The van der Waals surface area contributed by atoms with E-state index in [1.54, 1.807) is 0 Å². The van der Waals surface area contributed by atoms with Crippen LogP contribution in [0.2, 0.25) is 0 Å². The van der Waals surface area contributed by atoms with Crippen LogP contribution in [0.4, 0.5) is 0 Å². The van der Waals surface area contributed by atoms with Crippen LogP contribution in [0.25, 0.3) is 0 Å². The van der Waals surface area contributed by atoms with Gasteiger partial charge in [0.05, 0.1) is 5.60 Å². The third-order valence-corrected chi connectivity index (χ3v) is 3.35. The Morgan fingerprint density at radius 2 is 1.69 bits per heavy atom. The zero-order valence-electron chi connectivity index (χ0n) is 10.7. The molecule has 0 unspecified atom stereocenters. The van der Waals surface area contributed by atoms with Gasteiger partial charge in [-0.15, -0.1) is 0 Å². The molecular weight excluding hydrogens is 198 g/mol. The molecule has 2 rings (SSSR count). The molecule has 0 radical (unpaired) electrons. The molecule has 0 aliphatic carbocycles. The van der Waals surface area contributed by atoms with E-state index in [1.165, 1.54) is 22.3 Å². The maximum absolute atomic E-state index is 9.70. The Bertz CT molecular complexity index is 378. The monoisotopic (exact) mass is 219 g/mol. The van der Waals surface area contributed by atoms with Gasteiger partial charge in [-0.2, -0.15) is 0 Å². The summed E-state index contributed by atoms with van der Waals surface area (Å²) in [6.07, 6.45) is 0. The fourth-order valence-electron chi connectivity index (χ4n) is 2.71. The van der Waals surface area contributed by atoms with Crippen molar-refractivity contribution >= 4 is 0 Å². The van der Waals surface area contributed by atoms with Gasteiger partial charge < -0.3 is 5.11 Å². The SMILES string of the molecule is Cc1cc(C)c(CN2CC(C)(O)C2)c(C)c1. The Hall–Kier alpha value is -0.860. The summed E-state index contributed by atoms with van der Waals surface area (Å²) in [6.45, 7) is 10.9. The number of aliphatic hydroxyl groups is 1. The Morgan fingerprint density at radius 1 is 1.19 bits per heavy atom. The van der Waals surface area contributed by atoms with Crippen LogP contribution in [0.1, 0.15) is 29.2 Å². The third-order valence-electron chi connectivity index (χ3n) is 3.35. The minimum Gasteiger partial charge on any atom is -0.388 e. The van der Waals surface area contributed by atoms with E-state index in [-0.39, 0.29) is 0 Å². The first kappa shape index (κ1) is 11.6. The molecule has 1 aromatic rings. The predicted molar refractivity (Wildman–Crippen MR) is 66.6 cm³/mol. The first-order chi connectivity index (χ1) is 7.37. The Kier molecular flexibility index (Phi) is 2.81. The van der Waals surface area contributed by atoms with Gasteiger partial charge in [0.25, 0.3) is 0 Å². The maximum Gasteiger partial charge on any atom is 0.0872 e. The number of β-amino-alcohol motifs (C(OH)–C–C–N with tert-alkyl or cyclic N) is 1. The smallest absolute Gasteiger partial charge is 0.0872 e. The van der Waals surface area contributed by atoms with Gasteiger partial charge in [0, 0.05) is 19.6 Å². The van der Waals surface area contributed by atoms with Gasteiger partial charge in [0.2, 0.25) is 0 Å². The molecule has 2 heteroatoms. The zero-order valence-corrected chi connectivity index (χ0v) is 10.7. The highest BCUT2D eigenvalue weighted by atomic mass is 16.3. The van der Waals surface area contributed by atoms with E-state index in [0.717, 1.165) is 19.6 Å². The molecule has 0 saturated carbocycles. The molecule has 0 atom stereocenters. The fraction of sp³-hybridized carbons (Fsp3) is 0.571. The standard InChI is InChI=1S/C14H21NO/c1-10-5-11(2)13(12(3)6-10)7-15-8-14(4,16)9-15/h5-6,16H,7-9H2,1-4H3. The average Bonchev–Trinajstić information content (AvgIpc) is 2.07. The molecule has 88 valence electrons. The lowest BCUT2D eigenvalue weighted by Crippen LogP contribution is -2.59. The van der Waals surface area contributed by atoms with E-state index in [9.17, 15) is 5.11 Å². The highest BCUT2D eigenvalue weighted by Gasteiger charge is 2.36. The summed E-state index contributed by atoms with van der Waals surface area (Å²) in [7, 11) is 0. The summed E-state index contributed by atoms with van der Waals surface area (Å²) in [4.78, 5) is 2.30. The molecule has 1 aliphatic rings. The summed E-state index contributed by atoms with van der Waals surface area (Å²) < 4.78 is 0. The first-order valence-electron chi connectivity index (χ1n) is 5.89. The van der Waals surface area contributed by atoms with Gasteiger partial charge in [-0.1, -0.05) is 17.7 Å². The van der Waals surface area contributed by atoms with Gasteiger partial charge in [-0.25, -0.2) is 0 Å². The van der Waals surface area contributed by atoms with Crippen molar-refractivity contribution in [1.29, 1.82) is 0 Å². The largest absolute Gasteiger partial charge is 0.388 e. The second kappa shape index (κ2) is 3.86. The van der Waals surface area contributed by atoms with E-state index in [4.69, 9.17) is 0 Å². The number of hydrogen-bond donors (Lipinski definition) is 1. The third kappa shape index (κ3) is 2.28. The van der Waals surface area contributed by atoms with Crippen molar-refractivity contribution in [1.82, 2.24) is 4.90 Å². The summed E-state index contributed by atoms with van der Waals surface area (Å²) in [5.41, 5.74) is 5.01. The highest BCUT2D eigenvalue weighted by Crippen LogP contribution is 2.25. The minimum absolute atomic E-state index is 0.466. The van der Waals surface area contributed by atoms with Crippen LogP contribution in [0.3, 0.4) is 0 Å². The molecule has 1 heterocycles. The second-order valence-corrected chi connectivity index (χ2v) is 5.52. The molecule has 16 heavy (non-hydrogen) atoms. The molecule has 0 spiro atoms. The van der Waals surface area contributed by atoms with Crippen LogP contribution in [0.15, 0.2) is 12.1 Å². The van der Waals surface area contributed by atoms with E-state index < -0.39 is 5.60 Å². The average molecular weight is 219 g/mol. The minimum atomic E-state index is -0.466. The first-order valence-corrected chi connectivity index (χ1v) is 5.89. The number of nitrogens with zero attached hydrogens (tertiary/aromatic N) is 1. The van der Waals surface area contributed by atoms with Gasteiger partial charge in [-0.3, -0.25) is 4.90 Å². The zero-order chi connectivity index (χ0) is 11.9. The molecule has 1 aliphatic heterocycles. The Labute approximate surface area is 97.9 Å². The molecule has 1 fully saturated rings. The van der Waals surface area contributed by atoms with Crippen molar-refractivity contribution in [2.75, 3.05) is 13.1 Å². The van der Waals surface area contributed by atoms with Crippen molar-refractivity contribution in [2.45, 2.75) is 39.8 Å². The van der Waals surface area contributed by atoms with E-state index in [0.29, 0.717) is 0 Å². The molecular formula is C14H21NO. The Morgan fingerprint density at radius 3 is 2.12 bits per heavy atom.